The summed E-state index contributed by atoms with van der Waals surface area (Å²) in [6.45, 7) is 2.87. The van der Waals surface area contributed by atoms with E-state index in [-0.39, 0.29) is 5.91 Å². The fourth-order valence-electron chi connectivity index (χ4n) is 2.42. The lowest BCUT2D eigenvalue weighted by Crippen LogP contribution is -2.42. The van der Waals surface area contributed by atoms with Crippen LogP contribution in [-0.2, 0) is 4.79 Å². The van der Waals surface area contributed by atoms with Gasteiger partial charge in [-0.1, -0.05) is 12.1 Å². The molecule has 1 aliphatic rings. The van der Waals surface area contributed by atoms with Crippen LogP contribution in [0.15, 0.2) is 18.2 Å². The number of aryl methyl sites for hydroxylation is 1. The monoisotopic (exact) mass is 373 g/mol. The van der Waals surface area contributed by atoms with E-state index in [1.54, 1.807) is 4.90 Å². The van der Waals surface area contributed by atoms with Crippen LogP contribution in [0.2, 0.25) is 0 Å². The van der Waals surface area contributed by atoms with E-state index in [4.69, 9.17) is 5.11 Å². The summed E-state index contributed by atoms with van der Waals surface area (Å²) in [7, 11) is 0. The first-order valence-electron chi connectivity index (χ1n) is 6.28. The Bertz CT molecular complexity index is 495. The minimum Gasteiger partial charge on any atom is -0.481 e. The smallest absolute Gasteiger partial charge is 0.308 e. The van der Waals surface area contributed by atoms with Crippen LogP contribution in [-0.4, -0.2) is 35.0 Å². The molecule has 1 aliphatic heterocycles. The molecule has 0 aliphatic carbocycles. The molecule has 1 fully saturated rings. The van der Waals surface area contributed by atoms with Crippen molar-refractivity contribution in [1.29, 1.82) is 0 Å². The van der Waals surface area contributed by atoms with Gasteiger partial charge in [0.2, 0.25) is 0 Å². The van der Waals surface area contributed by atoms with Crippen LogP contribution in [0, 0.1) is 16.4 Å². The number of halogens is 1. The Morgan fingerprint density at radius 3 is 2.79 bits per heavy atom. The molecule has 1 atom stereocenters. The van der Waals surface area contributed by atoms with E-state index in [1.807, 2.05) is 25.1 Å². The first-order chi connectivity index (χ1) is 9.00. The zero-order valence-corrected chi connectivity index (χ0v) is 12.9. The zero-order chi connectivity index (χ0) is 14.0. The predicted octanol–water partition coefficient (Wildman–Crippen LogP) is 2.54. The summed E-state index contributed by atoms with van der Waals surface area (Å²) in [5.74, 6) is -1.29. The van der Waals surface area contributed by atoms with Crippen molar-refractivity contribution in [3.05, 3.63) is 32.9 Å². The molecule has 1 amide bonds. The van der Waals surface area contributed by atoms with Crippen LogP contribution in [0.1, 0.15) is 28.8 Å². The molecule has 19 heavy (non-hydrogen) atoms. The molecule has 0 saturated carbocycles. The fourth-order valence-corrected chi connectivity index (χ4v) is 3.29. The van der Waals surface area contributed by atoms with E-state index in [9.17, 15) is 9.59 Å². The average Bonchev–Trinajstić information content (AvgIpc) is 2.38. The molecule has 1 heterocycles. The molecule has 102 valence electrons. The molecule has 1 saturated heterocycles. The number of likely N-dealkylation sites (tertiary alicyclic amines) is 1. The van der Waals surface area contributed by atoms with Crippen LogP contribution in [0.5, 0.6) is 0 Å². The minimum absolute atomic E-state index is 0.0477. The van der Waals surface area contributed by atoms with Gasteiger partial charge in [-0.3, -0.25) is 9.59 Å². The summed E-state index contributed by atoms with van der Waals surface area (Å²) < 4.78 is 0.917. The van der Waals surface area contributed by atoms with Gasteiger partial charge >= 0.3 is 5.97 Å². The number of carbonyl (C=O) groups is 2. The van der Waals surface area contributed by atoms with Crippen molar-refractivity contribution in [2.24, 2.45) is 5.92 Å². The molecule has 4 nitrogen and oxygen atoms in total. The van der Waals surface area contributed by atoms with Crippen LogP contribution in [0.25, 0.3) is 0 Å². The van der Waals surface area contributed by atoms with Crippen molar-refractivity contribution in [1.82, 2.24) is 4.90 Å². The lowest BCUT2D eigenvalue weighted by Gasteiger charge is -2.31. The van der Waals surface area contributed by atoms with E-state index < -0.39 is 11.9 Å². The van der Waals surface area contributed by atoms with Gasteiger partial charge in [-0.25, -0.2) is 0 Å². The average molecular weight is 373 g/mol. The Morgan fingerprint density at radius 1 is 1.42 bits per heavy atom. The van der Waals surface area contributed by atoms with Crippen LogP contribution in [0.3, 0.4) is 0 Å². The number of aliphatic carboxylic acids is 1. The maximum absolute atomic E-state index is 12.5. The van der Waals surface area contributed by atoms with Crippen molar-refractivity contribution in [2.45, 2.75) is 19.8 Å². The predicted molar refractivity (Wildman–Crippen MR) is 80.2 cm³/mol. The normalized spacial score (nSPS) is 19.3. The number of carbonyl (C=O) groups excluding carboxylic acids is 1. The van der Waals surface area contributed by atoms with E-state index in [0.717, 1.165) is 15.6 Å². The van der Waals surface area contributed by atoms with Gasteiger partial charge in [-0.05, 0) is 54.0 Å². The van der Waals surface area contributed by atoms with E-state index >= 15 is 0 Å². The molecule has 0 spiro atoms. The molecule has 0 aromatic heterocycles. The number of nitrogens with zero attached hydrogens (tertiary/aromatic N) is 1. The third kappa shape index (κ3) is 3.08. The lowest BCUT2D eigenvalue weighted by molar-refractivity contribution is -0.143. The van der Waals surface area contributed by atoms with Crippen molar-refractivity contribution < 1.29 is 14.7 Å². The van der Waals surface area contributed by atoms with Gasteiger partial charge in [-0.15, -0.1) is 0 Å². The Kier molecular flexibility index (Phi) is 4.44. The summed E-state index contributed by atoms with van der Waals surface area (Å²) in [5.41, 5.74) is 1.64. The summed E-state index contributed by atoms with van der Waals surface area (Å²) in [4.78, 5) is 25.3. The highest BCUT2D eigenvalue weighted by molar-refractivity contribution is 14.1. The number of carboxylic acid groups (broad SMARTS) is 1. The maximum Gasteiger partial charge on any atom is 0.308 e. The topological polar surface area (TPSA) is 57.6 Å². The van der Waals surface area contributed by atoms with Crippen molar-refractivity contribution in [3.63, 3.8) is 0 Å². The fraction of sp³-hybridized carbons (Fsp3) is 0.429. The van der Waals surface area contributed by atoms with Gasteiger partial charge in [0.1, 0.15) is 0 Å². The number of piperidine rings is 1. The SMILES string of the molecule is Cc1cccc(I)c1C(=O)N1CCC[C@H](C(=O)O)C1. The second-order valence-corrected chi connectivity index (χ2v) is 6.02. The molecule has 0 bridgehead atoms. The van der Waals surface area contributed by atoms with Gasteiger partial charge in [0.15, 0.2) is 0 Å². The third-order valence-electron chi connectivity index (χ3n) is 3.49. The van der Waals surface area contributed by atoms with E-state index in [0.29, 0.717) is 25.1 Å². The maximum atomic E-state index is 12.5. The van der Waals surface area contributed by atoms with Crippen LogP contribution < -0.4 is 0 Å². The van der Waals surface area contributed by atoms with Crippen molar-refractivity contribution in [3.8, 4) is 0 Å². The van der Waals surface area contributed by atoms with Crippen LogP contribution >= 0.6 is 22.6 Å². The van der Waals surface area contributed by atoms with Gasteiger partial charge in [0.05, 0.1) is 11.5 Å². The molecular weight excluding hydrogens is 357 g/mol. The van der Waals surface area contributed by atoms with E-state index in [1.165, 1.54) is 0 Å². The Balaban J connectivity index is 2.22. The number of rotatable bonds is 2. The van der Waals surface area contributed by atoms with Crippen molar-refractivity contribution >= 4 is 34.5 Å². The summed E-state index contributed by atoms with van der Waals surface area (Å²) in [6.07, 6.45) is 1.41. The van der Waals surface area contributed by atoms with Crippen LogP contribution in [0.4, 0.5) is 0 Å². The molecule has 0 radical (unpaired) electrons. The molecule has 1 aromatic carbocycles. The summed E-state index contributed by atoms with van der Waals surface area (Å²) >= 11 is 2.15. The quantitative estimate of drug-likeness (QED) is 0.811. The highest BCUT2D eigenvalue weighted by atomic mass is 127. The molecular formula is C14H16INO3. The molecule has 2 rings (SSSR count). The first kappa shape index (κ1) is 14.3. The van der Waals surface area contributed by atoms with Gasteiger partial charge in [0, 0.05) is 16.7 Å². The van der Waals surface area contributed by atoms with E-state index in [2.05, 4.69) is 22.6 Å². The Morgan fingerprint density at radius 2 is 2.16 bits per heavy atom. The van der Waals surface area contributed by atoms with Gasteiger partial charge < -0.3 is 10.0 Å². The molecule has 1 aromatic rings. The summed E-state index contributed by atoms with van der Waals surface area (Å²) in [6, 6.07) is 5.73. The largest absolute Gasteiger partial charge is 0.481 e. The molecule has 1 N–H and O–H groups in total. The number of carboxylic acids is 1. The standard InChI is InChI=1S/C14H16INO3/c1-9-4-2-6-11(15)12(9)13(17)16-7-3-5-10(8-16)14(18)19/h2,4,6,10H,3,5,7-8H2,1H3,(H,18,19)/t10-/m0/s1. The number of amides is 1. The Hall–Kier alpha value is -1.11. The lowest BCUT2D eigenvalue weighted by atomic mass is 9.97. The highest BCUT2D eigenvalue weighted by Gasteiger charge is 2.29. The second-order valence-electron chi connectivity index (χ2n) is 4.86. The second kappa shape index (κ2) is 5.90. The van der Waals surface area contributed by atoms with Crippen molar-refractivity contribution in [2.75, 3.05) is 13.1 Å². The number of benzene rings is 1. The molecule has 5 heteroatoms. The zero-order valence-electron chi connectivity index (χ0n) is 10.7. The van der Waals surface area contributed by atoms with Gasteiger partial charge in [0.25, 0.3) is 5.91 Å². The minimum atomic E-state index is -0.808. The first-order valence-corrected chi connectivity index (χ1v) is 7.35. The number of hydrogen-bond donors (Lipinski definition) is 1. The third-order valence-corrected chi connectivity index (χ3v) is 4.39. The highest BCUT2D eigenvalue weighted by Crippen LogP contribution is 2.23. The van der Waals surface area contributed by atoms with Gasteiger partial charge in [-0.2, -0.15) is 0 Å². The Labute approximate surface area is 125 Å². The molecule has 0 unspecified atom stereocenters. The number of hydrogen-bond acceptors (Lipinski definition) is 2. The summed E-state index contributed by atoms with van der Waals surface area (Å²) in [5, 5.41) is 9.08.